The Bertz CT molecular complexity index is 1090. The molecule has 0 fully saturated rings. The molecule has 0 aliphatic heterocycles. The second kappa shape index (κ2) is 7.19. The summed E-state index contributed by atoms with van der Waals surface area (Å²) in [4.78, 5) is 17.3. The quantitative estimate of drug-likeness (QED) is 0.528. The van der Waals surface area contributed by atoms with Gasteiger partial charge in [0, 0.05) is 23.2 Å². The van der Waals surface area contributed by atoms with Gasteiger partial charge in [0.1, 0.15) is 11.3 Å². The van der Waals surface area contributed by atoms with Crippen molar-refractivity contribution < 1.29 is 13.9 Å². The van der Waals surface area contributed by atoms with Gasteiger partial charge in [0.15, 0.2) is 17.2 Å². The van der Waals surface area contributed by atoms with Gasteiger partial charge in [-0.3, -0.25) is 9.78 Å². The van der Waals surface area contributed by atoms with E-state index in [9.17, 15) is 4.79 Å². The third-order valence-electron chi connectivity index (χ3n) is 4.88. The minimum atomic E-state index is -1.19. The van der Waals surface area contributed by atoms with Gasteiger partial charge in [0.05, 0.1) is 13.3 Å². The topological polar surface area (TPSA) is 64.4 Å². The fourth-order valence-electron chi connectivity index (χ4n) is 3.54. The Hall–Kier alpha value is -3.60. The molecular formula is C23H20N2O3. The van der Waals surface area contributed by atoms with Crippen LogP contribution in [-0.2, 0) is 10.3 Å². The SMILES string of the molecule is COc1cnccc1C(Nc1cc2ccccc2o1)(C(C)=O)c1ccccc1. The van der Waals surface area contributed by atoms with Gasteiger partial charge in [-0.1, -0.05) is 48.5 Å². The summed E-state index contributed by atoms with van der Waals surface area (Å²) in [5, 5.41) is 4.32. The number of nitrogens with one attached hydrogen (secondary N) is 1. The predicted molar refractivity (Wildman–Crippen MR) is 109 cm³/mol. The van der Waals surface area contributed by atoms with Crippen LogP contribution < -0.4 is 10.1 Å². The van der Waals surface area contributed by atoms with Crippen LogP contribution in [0.2, 0.25) is 0 Å². The number of ketones is 1. The van der Waals surface area contributed by atoms with Crippen LogP contribution in [0.15, 0.2) is 83.5 Å². The molecule has 1 unspecified atom stereocenters. The number of rotatable bonds is 6. The highest BCUT2D eigenvalue weighted by Gasteiger charge is 2.42. The first-order valence-corrected chi connectivity index (χ1v) is 8.97. The highest BCUT2D eigenvalue weighted by molar-refractivity contribution is 5.95. The van der Waals surface area contributed by atoms with E-state index in [1.807, 2.05) is 60.7 Å². The maximum absolute atomic E-state index is 13.2. The smallest absolute Gasteiger partial charge is 0.195 e. The molecule has 5 nitrogen and oxygen atoms in total. The maximum atomic E-state index is 13.2. The largest absolute Gasteiger partial charge is 0.495 e. The van der Waals surface area contributed by atoms with Crippen molar-refractivity contribution in [1.29, 1.82) is 0 Å². The Balaban J connectivity index is 1.95. The average molecular weight is 372 g/mol. The van der Waals surface area contributed by atoms with E-state index in [2.05, 4.69) is 10.3 Å². The maximum Gasteiger partial charge on any atom is 0.195 e. The summed E-state index contributed by atoms with van der Waals surface area (Å²) in [5.74, 6) is 0.924. The molecule has 140 valence electrons. The van der Waals surface area contributed by atoms with Crippen molar-refractivity contribution in [3.63, 3.8) is 0 Å². The number of aromatic nitrogens is 1. The van der Waals surface area contributed by atoms with E-state index in [0.717, 1.165) is 16.5 Å². The van der Waals surface area contributed by atoms with Crippen molar-refractivity contribution in [3.8, 4) is 5.75 Å². The molecule has 2 aromatic carbocycles. The number of anilines is 1. The summed E-state index contributed by atoms with van der Waals surface area (Å²) < 4.78 is 11.5. The summed E-state index contributed by atoms with van der Waals surface area (Å²) >= 11 is 0. The number of carbonyl (C=O) groups is 1. The highest BCUT2D eigenvalue weighted by Crippen LogP contribution is 2.40. The van der Waals surface area contributed by atoms with Crippen molar-refractivity contribution in [2.45, 2.75) is 12.5 Å². The summed E-state index contributed by atoms with van der Waals surface area (Å²) in [6, 6.07) is 21.0. The second-order valence-corrected chi connectivity index (χ2v) is 6.52. The van der Waals surface area contributed by atoms with Gasteiger partial charge in [-0.15, -0.1) is 0 Å². The van der Waals surface area contributed by atoms with Gasteiger partial charge in [-0.2, -0.15) is 0 Å². The lowest BCUT2D eigenvalue weighted by Crippen LogP contribution is -2.43. The summed E-state index contributed by atoms with van der Waals surface area (Å²) in [7, 11) is 1.57. The Morgan fingerprint density at radius 3 is 2.54 bits per heavy atom. The molecule has 1 atom stereocenters. The molecule has 2 heterocycles. The minimum Gasteiger partial charge on any atom is -0.495 e. The van der Waals surface area contributed by atoms with E-state index in [0.29, 0.717) is 17.2 Å². The van der Waals surface area contributed by atoms with E-state index >= 15 is 0 Å². The first-order valence-electron chi connectivity index (χ1n) is 8.97. The van der Waals surface area contributed by atoms with Crippen LogP contribution >= 0.6 is 0 Å². The van der Waals surface area contributed by atoms with E-state index < -0.39 is 5.54 Å². The zero-order valence-corrected chi connectivity index (χ0v) is 15.7. The van der Waals surface area contributed by atoms with Crippen LogP contribution in [0.25, 0.3) is 11.0 Å². The number of hydrogen-bond donors (Lipinski definition) is 1. The number of fused-ring (bicyclic) bond motifs is 1. The fraction of sp³-hybridized carbons (Fsp3) is 0.130. The van der Waals surface area contributed by atoms with E-state index in [4.69, 9.17) is 9.15 Å². The molecule has 0 amide bonds. The van der Waals surface area contributed by atoms with Crippen LogP contribution in [-0.4, -0.2) is 17.9 Å². The number of hydrogen-bond acceptors (Lipinski definition) is 5. The van der Waals surface area contributed by atoms with Crippen molar-refractivity contribution in [1.82, 2.24) is 4.98 Å². The van der Waals surface area contributed by atoms with Crippen molar-refractivity contribution in [2.24, 2.45) is 0 Å². The van der Waals surface area contributed by atoms with Gasteiger partial charge in [0.2, 0.25) is 0 Å². The van der Waals surface area contributed by atoms with E-state index in [-0.39, 0.29) is 5.78 Å². The molecule has 5 heteroatoms. The summed E-state index contributed by atoms with van der Waals surface area (Å²) in [5.41, 5.74) is 1.01. The summed E-state index contributed by atoms with van der Waals surface area (Å²) in [6.07, 6.45) is 3.26. The molecule has 0 radical (unpaired) electrons. The molecule has 1 N–H and O–H groups in total. The molecule has 2 aromatic heterocycles. The lowest BCUT2D eigenvalue weighted by molar-refractivity contribution is -0.120. The number of methoxy groups -OCH3 is 1. The molecule has 0 aliphatic carbocycles. The van der Waals surface area contributed by atoms with Gasteiger partial charge in [0.25, 0.3) is 0 Å². The Kier molecular flexibility index (Phi) is 4.57. The van der Waals surface area contributed by atoms with Crippen molar-refractivity contribution in [3.05, 3.63) is 90.3 Å². The third kappa shape index (κ3) is 2.91. The number of carbonyl (C=O) groups excluding carboxylic acids is 1. The number of benzene rings is 2. The molecular weight excluding hydrogens is 352 g/mol. The first kappa shape index (κ1) is 17.8. The first-order chi connectivity index (χ1) is 13.6. The third-order valence-corrected chi connectivity index (χ3v) is 4.88. The zero-order valence-electron chi connectivity index (χ0n) is 15.7. The monoisotopic (exact) mass is 372 g/mol. The highest BCUT2D eigenvalue weighted by atomic mass is 16.5. The molecule has 0 spiro atoms. The fourth-order valence-corrected chi connectivity index (χ4v) is 3.54. The predicted octanol–water partition coefficient (Wildman–Crippen LogP) is 4.78. The average Bonchev–Trinajstić information content (AvgIpc) is 3.15. The molecule has 0 saturated carbocycles. The Labute approximate surface area is 163 Å². The molecule has 4 aromatic rings. The van der Waals surface area contributed by atoms with Gasteiger partial charge >= 0.3 is 0 Å². The van der Waals surface area contributed by atoms with Gasteiger partial charge in [-0.05, 0) is 24.6 Å². The number of para-hydroxylation sites is 1. The Morgan fingerprint density at radius 1 is 1.07 bits per heavy atom. The van der Waals surface area contributed by atoms with Crippen LogP contribution in [0.1, 0.15) is 18.1 Å². The normalized spacial score (nSPS) is 13.1. The lowest BCUT2D eigenvalue weighted by atomic mass is 9.79. The van der Waals surface area contributed by atoms with Crippen molar-refractivity contribution >= 4 is 22.6 Å². The van der Waals surface area contributed by atoms with Crippen LogP contribution in [0.4, 0.5) is 5.88 Å². The van der Waals surface area contributed by atoms with E-state index in [1.54, 1.807) is 32.5 Å². The second-order valence-electron chi connectivity index (χ2n) is 6.52. The zero-order chi connectivity index (χ0) is 19.6. The van der Waals surface area contributed by atoms with E-state index in [1.165, 1.54) is 0 Å². The van der Waals surface area contributed by atoms with Crippen LogP contribution in [0.5, 0.6) is 5.75 Å². The molecule has 0 saturated heterocycles. The molecule has 0 aliphatic rings. The lowest BCUT2D eigenvalue weighted by Gasteiger charge is -2.34. The Morgan fingerprint density at radius 2 is 1.82 bits per heavy atom. The molecule has 0 bridgehead atoms. The number of pyridine rings is 1. The van der Waals surface area contributed by atoms with Crippen LogP contribution in [0.3, 0.4) is 0 Å². The summed E-state index contributed by atoms with van der Waals surface area (Å²) in [6.45, 7) is 1.56. The van der Waals surface area contributed by atoms with Crippen molar-refractivity contribution in [2.75, 3.05) is 12.4 Å². The minimum absolute atomic E-state index is 0.0938. The standard InChI is InChI=1S/C23H20N2O3/c1-16(26)23(18-9-4-3-5-10-18,19-12-13-24-15-21(19)27-2)25-22-14-17-8-6-7-11-20(17)28-22/h3-15,25H,1-2H3. The molecule has 4 rings (SSSR count). The number of Topliss-reactive ketones (excluding diaryl/α,β-unsaturated/α-hetero) is 1. The number of nitrogens with zero attached hydrogens (tertiary/aromatic N) is 1. The molecule has 28 heavy (non-hydrogen) atoms. The van der Waals surface area contributed by atoms with Crippen LogP contribution in [0, 0.1) is 0 Å². The number of furan rings is 1. The number of ether oxygens (including phenoxy) is 1. The van der Waals surface area contributed by atoms with Gasteiger partial charge < -0.3 is 14.5 Å². The van der Waals surface area contributed by atoms with Gasteiger partial charge in [-0.25, -0.2) is 0 Å².